The lowest BCUT2D eigenvalue weighted by Crippen LogP contribution is -2.42. The van der Waals surface area contributed by atoms with Gasteiger partial charge in [-0.05, 0) is 31.2 Å². The molecule has 0 bridgehead atoms. The Hall–Kier alpha value is -1.11. The second-order valence-corrected chi connectivity index (χ2v) is 6.90. The van der Waals surface area contributed by atoms with Gasteiger partial charge in [0.05, 0.1) is 5.92 Å². The molecule has 2 aliphatic heterocycles. The lowest BCUT2D eigenvalue weighted by Gasteiger charge is -2.26. The lowest BCUT2D eigenvalue weighted by molar-refractivity contribution is -0.136. The van der Waals surface area contributed by atoms with Crippen molar-refractivity contribution < 1.29 is 9.59 Å². The van der Waals surface area contributed by atoms with Crippen LogP contribution >= 0.6 is 28.3 Å². The molecule has 0 spiro atoms. The van der Waals surface area contributed by atoms with Gasteiger partial charge in [-0.1, -0.05) is 22.0 Å². The molecule has 126 valence electrons. The molecule has 2 atom stereocenters. The van der Waals surface area contributed by atoms with Crippen molar-refractivity contribution in [2.45, 2.75) is 18.9 Å². The molecule has 7 heteroatoms. The van der Waals surface area contributed by atoms with Crippen molar-refractivity contribution in [2.24, 2.45) is 5.92 Å². The molecule has 1 aromatic rings. The highest BCUT2D eigenvalue weighted by atomic mass is 79.9. The van der Waals surface area contributed by atoms with Crippen LogP contribution in [0.1, 0.15) is 12.8 Å². The molecule has 1 N–H and O–H groups in total. The minimum absolute atomic E-state index is 0. The van der Waals surface area contributed by atoms with Crippen LogP contribution in [-0.4, -0.2) is 49.4 Å². The first kappa shape index (κ1) is 18.2. The maximum atomic E-state index is 12.6. The summed E-state index contributed by atoms with van der Waals surface area (Å²) >= 11 is 3.42. The van der Waals surface area contributed by atoms with E-state index in [1.165, 1.54) is 0 Å². The fourth-order valence-electron chi connectivity index (χ4n) is 3.20. The van der Waals surface area contributed by atoms with E-state index < -0.39 is 0 Å². The van der Waals surface area contributed by atoms with Crippen LogP contribution in [0.15, 0.2) is 28.7 Å². The van der Waals surface area contributed by atoms with Gasteiger partial charge in [-0.2, -0.15) is 0 Å². The summed E-state index contributed by atoms with van der Waals surface area (Å²) in [5.41, 5.74) is 0.847. The first-order valence-electron chi connectivity index (χ1n) is 7.59. The van der Waals surface area contributed by atoms with Crippen molar-refractivity contribution in [1.82, 2.24) is 10.2 Å². The molecule has 2 unspecified atom stereocenters. The van der Waals surface area contributed by atoms with E-state index in [9.17, 15) is 9.59 Å². The van der Waals surface area contributed by atoms with Crippen molar-refractivity contribution >= 4 is 45.8 Å². The molecule has 0 saturated carbocycles. The minimum Gasteiger partial charge on any atom is -0.341 e. The largest absolute Gasteiger partial charge is 0.341 e. The Kier molecular flexibility index (Phi) is 6.06. The molecule has 3 rings (SSSR count). The monoisotopic (exact) mass is 401 g/mol. The topological polar surface area (TPSA) is 52.7 Å². The molecule has 23 heavy (non-hydrogen) atoms. The van der Waals surface area contributed by atoms with Gasteiger partial charge in [0.15, 0.2) is 0 Å². The number of likely N-dealkylation sites (N-methyl/N-ethyl adjacent to an activating group) is 1. The van der Waals surface area contributed by atoms with Crippen molar-refractivity contribution in [2.75, 3.05) is 31.6 Å². The third-order valence-corrected chi connectivity index (χ3v) is 5.02. The van der Waals surface area contributed by atoms with Crippen molar-refractivity contribution in [3.05, 3.63) is 28.7 Å². The number of nitrogens with one attached hydrogen (secondary N) is 1. The molecule has 0 radical (unpaired) electrons. The molecular formula is C16H21BrClN3O2. The van der Waals surface area contributed by atoms with E-state index in [2.05, 4.69) is 21.2 Å². The van der Waals surface area contributed by atoms with E-state index in [1.54, 1.807) is 4.90 Å². The summed E-state index contributed by atoms with van der Waals surface area (Å²) < 4.78 is 0.932. The molecular weight excluding hydrogens is 382 g/mol. The SMILES string of the molecule is CN(C(=O)C1CC(=O)N(c2cccc(Br)c2)C1)C1CCNC1.Cl. The third-order valence-electron chi connectivity index (χ3n) is 4.52. The highest BCUT2D eigenvalue weighted by Gasteiger charge is 2.38. The predicted molar refractivity (Wildman–Crippen MR) is 95.9 cm³/mol. The van der Waals surface area contributed by atoms with Crippen molar-refractivity contribution in [3.63, 3.8) is 0 Å². The average molecular weight is 403 g/mol. The number of benzene rings is 1. The van der Waals surface area contributed by atoms with E-state index >= 15 is 0 Å². The van der Waals surface area contributed by atoms with Gasteiger partial charge in [0.1, 0.15) is 0 Å². The second kappa shape index (κ2) is 7.64. The van der Waals surface area contributed by atoms with E-state index in [1.807, 2.05) is 36.2 Å². The van der Waals surface area contributed by atoms with E-state index in [-0.39, 0.29) is 36.2 Å². The van der Waals surface area contributed by atoms with Gasteiger partial charge in [0, 0.05) is 42.8 Å². The van der Waals surface area contributed by atoms with E-state index in [0.29, 0.717) is 13.0 Å². The number of carbonyl (C=O) groups is 2. The van der Waals surface area contributed by atoms with Gasteiger partial charge >= 0.3 is 0 Å². The second-order valence-electron chi connectivity index (χ2n) is 5.98. The van der Waals surface area contributed by atoms with Gasteiger partial charge in [0.2, 0.25) is 11.8 Å². The van der Waals surface area contributed by atoms with Crippen LogP contribution < -0.4 is 10.2 Å². The normalized spacial score (nSPS) is 23.7. The summed E-state index contributed by atoms with van der Waals surface area (Å²) in [6, 6.07) is 7.89. The van der Waals surface area contributed by atoms with Crippen LogP contribution in [0.4, 0.5) is 5.69 Å². The first-order chi connectivity index (χ1) is 10.6. The Bertz CT molecular complexity index is 592. The Labute approximate surface area is 150 Å². The predicted octanol–water partition coefficient (Wildman–Crippen LogP) is 2.04. The zero-order chi connectivity index (χ0) is 15.7. The lowest BCUT2D eigenvalue weighted by atomic mass is 10.1. The zero-order valence-electron chi connectivity index (χ0n) is 13.0. The van der Waals surface area contributed by atoms with Gasteiger partial charge < -0.3 is 15.1 Å². The molecule has 0 aromatic heterocycles. The van der Waals surface area contributed by atoms with E-state index in [0.717, 1.165) is 29.7 Å². The van der Waals surface area contributed by atoms with Gasteiger partial charge in [-0.15, -0.1) is 12.4 Å². The fraction of sp³-hybridized carbons (Fsp3) is 0.500. The Morgan fingerprint density at radius 2 is 2.22 bits per heavy atom. The first-order valence-corrected chi connectivity index (χ1v) is 8.39. The van der Waals surface area contributed by atoms with Crippen LogP contribution in [0.2, 0.25) is 0 Å². The number of carbonyl (C=O) groups excluding carboxylic acids is 2. The summed E-state index contributed by atoms with van der Waals surface area (Å²) in [5.74, 6) is -0.133. The van der Waals surface area contributed by atoms with Gasteiger partial charge in [-0.3, -0.25) is 9.59 Å². The maximum Gasteiger partial charge on any atom is 0.228 e. The van der Waals surface area contributed by atoms with Crippen molar-refractivity contribution in [3.8, 4) is 0 Å². The molecule has 2 heterocycles. The highest BCUT2D eigenvalue weighted by molar-refractivity contribution is 9.10. The molecule has 0 aliphatic carbocycles. The molecule has 2 fully saturated rings. The van der Waals surface area contributed by atoms with Crippen LogP contribution in [0, 0.1) is 5.92 Å². The number of anilines is 1. The number of halogens is 2. The molecule has 2 saturated heterocycles. The zero-order valence-corrected chi connectivity index (χ0v) is 15.4. The summed E-state index contributed by atoms with van der Waals surface area (Å²) in [4.78, 5) is 28.4. The fourth-order valence-corrected chi connectivity index (χ4v) is 3.59. The third kappa shape index (κ3) is 3.87. The number of hydrogen-bond donors (Lipinski definition) is 1. The number of nitrogens with zero attached hydrogens (tertiary/aromatic N) is 2. The molecule has 2 aliphatic rings. The van der Waals surface area contributed by atoms with Crippen LogP contribution in [0.5, 0.6) is 0 Å². The van der Waals surface area contributed by atoms with Crippen LogP contribution in [-0.2, 0) is 9.59 Å². The van der Waals surface area contributed by atoms with Crippen molar-refractivity contribution in [1.29, 1.82) is 0 Å². The standard InChI is InChI=1S/C16H20BrN3O2.ClH/c1-19(14-5-6-18-9-14)16(22)11-7-15(21)20(10-11)13-4-2-3-12(17)8-13;/h2-4,8,11,14,18H,5-7,9-10H2,1H3;1H. The summed E-state index contributed by atoms with van der Waals surface area (Å²) in [6.07, 6.45) is 1.29. The summed E-state index contributed by atoms with van der Waals surface area (Å²) in [5, 5.41) is 3.27. The van der Waals surface area contributed by atoms with Crippen LogP contribution in [0.3, 0.4) is 0 Å². The molecule has 5 nitrogen and oxygen atoms in total. The Morgan fingerprint density at radius 1 is 1.43 bits per heavy atom. The summed E-state index contributed by atoms with van der Waals surface area (Å²) in [6.45, 7) is 2.27. The highest BCUT2D eigenvalue weighted by Crippen LogP contribution is 2.28. The minimum atomic E-state index is -0.239. The quantitative estimate of drug-likeness (QED) is 0.842. The van der Waals surface area contributed by atoms with Gasteiger partial charge in [0.25, 0.3) is 0 Å². The Balaban J connectivity index is 0.00000192. The van der Waals surface area contributed by atoms with E-state index in [4.69, 9.17) is 0 Å². The Morgan fingerprint density at radius 3 is 2.87 bits per heavy atom. The number of rotatable bonds is 3. The number of hydrogen-bond acceptors (Lipinski definition) is 3. The van der Waals surface area contributed by atoms with Gasteiger partial charge in [-0.25, -0.2) is 0 Å². The number of amides is 2. The van der Waals surface area contributed by atoms with Crippen LogP contribution in [0.25, 0.3) is 0 Å². The molecule has 1 aromatic carbocycles. The molecule has 2 amide bonds. The maximum absolute atomic E-state index is 12.6. The average Bonchev–Trinajstić information content (AvgIpc) is 3.15. The summed E-state index contributed by atoms with van der Waals surface area (Å²) in [7, 11) is 1.85. The smallest absolute Gasteiger partial charge is 0.228 e.